The highest BCUT2D eigenvalue weighted by Crippen LogP contribution is 2.42. The lowest BCUT2D eigenvalue weighted by molar-refractivity contribution is 0.395. The van der Waals surface area contributed by atoms with Crippen molar-refractivity contribution in [2.75, 3.05) is 10.5 Å². The van der Waals surface area contributed by atoms with Crippen molar-refractivity contribution in [3.8, 4) is 11.3 Å². The molecule has 0 aliphatic heterocycles. The Labute approximate surface area is 230 Å². The van der Waals surface area contributed by atoms with Crippen LogP contribution in [0.1, 0.15) is 62.6 Å². The van der Waals surface area contributed by atoms with Gasteiger partial charge in [0.25, 0.3) is 0 Å². The van der Waals surface area contributed by atoms with Crippen LogP contribution in [0.3, 0.4) is 0 Å². The second kappa shape index (κ2) is 10.7. The smallest absolute Gasteiger partial charge is 0.237 e. The van der Waals surface area contributed by atoms with Gasteiger partial charge in [-0.15, -0.1) is 0 Å². The van der Waals surface area contributed by atoms with Gasteiger partial charge in [0.1, 0.15) is 29.0 Å². The number of rotatable bonds is 7. The second-order valence-corrected chi connectivity index (χ2v) is 12.3. The summed E-state index contributed by atoms with van der Waals surface area (Å²) in [7, 11) is -4.13. The summed E-state index contributed by atoms with van der Waals surface area (Å²) in [5, 5.41) is 5.08. The number of nitrogens with two attached hydrogens (primary N) is 2. The zero-order valence-corrected chi connectivity index (χ0v) is 23.0. The Morgan fingerprint density at radius 2 is 1.73 bits per heavy atom. The number of benzene rings is 2. The van der Waals surface area contributed by atoms with E-state index >= 15 is 8.78 Å². The summed E-state index contributed by atoms with van der Waals surface area (Å²) >= 11 is 0. The largest absolute Gasteiger partial charge is 0.383 e. The average molecular weight is 573 g/mol. The SMILES string of the molecule is CC(C)n1nc(-c2cc(F)c(NS(=O)(=O)Cc3ccc(F)cc3)cc2F)c2c(N)ncc([C@H]3CC[C@H](N)CC3)c21. The van der Waals surface area contributed by atoms with Gasteiger partial charge < -0.3 is 11.5 Å². The zero-order valence-electron chi connectivity index (χ0n) is 22.2. The molecule has 0 atom stereocenters. The maximum absolute atomic E-state index is 15.6. The van der Waals surface area contributed by atoms with Gasteiger partial charge in [-0.3, -0.25) is 9.40 Å². The summed E-state index contributed by atoms with van der Waals surface area (Å²) < 4.78 is 73.1. The van der Waals surface area contributed by atoms with Crippen molar-refractivity contribution in [1.82, 2.24) is 14.8 Å². The number of nitrogens with one attached hydrogen (secondary N) is 1. The van der Waals surface area contributed by atoms with E-state index in [1.54, 1.807) is 10.9 Å². The van der Waals surface area contributed by atoms with Gasteiger partial charge in [-0.1, -0.05) is 12.1 Å². The van der Waals surface area contributed by atoms with E-state index in [2.05, 4.69) is 14.8 Å². The molecular weight excluding hydrogens is 541 g/mol. The van der Waals surface area contributed by atoms with Gasteiger partial charge in [0.2, 0.25) is 10.0 Å². The van der Waals surface area contributed by atoms with Crippen LogP contribution in [0, 0.1) is 17.5 Å². The Hall–Kier alpha value is -3.64. The Kier molecular flexibility index (Phi) is 7.49. The van der Waals surface area contributed by atoms with E-state index in [-0.39, 0.29) is 40.6 Å². The van der Waals surface area contributed by atoms with Crippen LogP contribution in [0.5, 0.6) is 0 Å². The van der Waals surface area contributed by atoms with Crippen molar-refractivity contribution >= 4 is 32.4 Å². The molecule has 1 fully saturated rings. The Morgan fingerprint density at radius 1 is 1.05 bits per heavy atom. The molecule has 40 heavy (non-hydrogen) atoms. The number of sulfonamides is 1. The molecule has 2 heterocycles. The van der Waals surface area contributed by atoms with Crippen molar-refractivity contribution in [2.24, 2.45) is 5.73 Å². The molecule has 1 saturated carbocycles. The van der Waals surface area contributed by atoms with Crippen LogP contribution < -0.4 is 16.2 Å². The predicted octanol–water partition coefficient (Wildman–Crippen LogP) is 5.61. The van der Waals surface area contributed by atoms with Crippen LogP contribution in [0.4, 0.5) is 24.7 Å². The molecular formula is C28H31F3N6O2S. The Bertz CT molecular complexity index is 1660. The van der Waals surface area contributed by atoms with E-state index in [0.717, 1.165) is 61.0 Å². The van der Waals surface area contributed by atoms with Gasteiger partial charge in [0.15, 0.2) is 0 Å². The van der Waals surface area contributed by atoms with E-state index in [1.165, 1.54) is 12.1 Å². The number of pyridine rings is 1. The van der Waals surface area contributed by atoms with Crippen LogP contribution in [-0.2, 0) is 15.8 Å². The van der Waals surface area contributed by atoms with Crippen molar-refractivity contribution < 1.29 is 21.6 Å². The predicted molar refractivity (Wildman–Crippen MR) is 150 cm³/mol. The lowest BCUT2D eigenvalue weighted by Crippen LogP contribution is -2.26. The number of aromatic nitrogens is 3. The molecule has 0 saturated heterocycles. The normalized spacial score (nSPS) is 18.0. The molecule has 1 aliphatic carbocycles. The van der Waals surface area contributed by atoms with Crippen LogP contribution >= 0.6 is 0 Å². The minimum Gasteiger partial charge on any atom is -0.383 e. The quantitative estimate of drug-likeness (QED) is 0.264. The van der Waals surface area contributed by atoms with Gasteiger partial charge >= 0.3 is 0 Å². The van der Waals surface area contributed by atoms with Crippen molar-refractivity contribution in [3.63, 3.8) is 0 Å². The van der Waals surface area contributed by atoms with Crippen molar-refractivity contribution in [2.45, 2.75) is 63.3 Å². The summed E-state index contributed by atoms with van der Waals surface area (Å²) in [6.45, 7) is 3.87. The number of nitrogen functional groups attached to an aromatic ring is 1. The highest BCUT2D eigenvalue weighted by atomic mass is 32.2. The van der Waals surface area contributed by atoms with Crippen LogP contribution in [-0.4, -0.2) is 29.2 Å². The van der Waals surface area contributed by atoms with E-state index in [4.69, 9.17) is 11.5 Å². The summed E-state index contributed by atoms with van der Waals surface area (Å²) in [6, 6.07) is 6.58. The first-order valence-electron chi connectivity index (χ1n) is 13.1. The number of anilines is 2. The molecule has 12 heteroatoms. The molecule has 0 amide bonds. The summed E-state index contributed by atoms with van der Waals surface area (Å²) in [6.07, 6.45) is 5.22. The highest BCUT2D eigenvalue weighted by molar-refractivity contribution is 7.91. The summed E-state index contributed by atoms with van der Waals surface area (Å²) in [5.74, 6) is -2.62. The number of hydrogen-bond acceptors (Lipinski definition) is 6. The van der Waals surface area contributed by atoms with Crippen molar-refractivity contribution in [3.05, 3.63) is 71.2 Å². The number of nitrogens with zero attached hydrogens (tertiary/aromatic N) is 3. The molecule has 0 unspecified atom stereocenters. The molecule has 212 valence electrons. The maximum atomic E-state index is 15.6. The summed E-state index contributed by atoms with van der Waals surface area (Å²) in [5.41, 5.74) is 13.8. The molecule has 0 radical (unpaired) electrons. The molecule has 0 bridgehead atoms. The summed E-state index contributed by atoms with van der Waals surface area (Å²) in [4.78, 5) is 4.39. The molecule has 2 aromatic heterocycles. The van der Waals surface area contributed by atoms with E-state index < -0.39 is 38.9 Å². The fourth-order valence-corrected chi connectivity index (χ4v) is 6.51. The van der Waals surface area contributed by atoms with Crippen LogP contribution in [0.2, 0.25) is 0 Å². The zero-order chi connectivity index (χ0) is 28.8. The van der Waals surface area contributed by atoms with E-state index in [1.807, 2.05) is 13.8 Å². The third kappa shape index (κ3) is 5.50. The molecule has 2 aromatic carbocycles. The average Bonchev–Trinajstić information content (AvgIpc) is 3.30. The van der Waals surface area contributed by atoms with Gasteiger partial charge in [0, 0.05) is 29.9 Å². The first-order valence-corrected chi connectivity index (χ1v) is 14.7. The number of fused-ring (bicyclic) bond motifs is 1. The van der Waals surface area contributed by atoms with Crippen LogP contribution in [0.25, 0.3) is 22.2 Å². The Balaban J connectivity index is 1.55. The van der Waals surface area contributed by atoms with Crippen LogP contribution in [0.15, 0.2) is 42.6 Å². The van der Waals surface area contributed by atoms with Crippen molar-refractivity contribution in [1.29, 1.82) is 0 Å². The number of hydrogen-bond donors (Lipinski definition) is 3. The van der Waals surface area contributed by atoms with Gasteiger partial charge in [-0.2, -0.15) is 5.10 Å². The lowest BCUT2D eigenvalue weighted by atomic mass is 9.82. The number of halogens is 3. The second-order valence-electron chi connectivity index (χ2n) is 10.6. The molecule has 0 spiro atoms. The minimum atomic E-state index is -4.13. The first-order chi connectivity index (χ1) is 18.9. The van der Waals surface area contributed by atoms with E-state index in [9.17, 15) is 12.8 Å². The molecule has 1 aliphatic rings. The molecule has 5 rings (SSSR count). The fourth-order valence-electron chi connectivity index (χ4n) is 5.32. The molecule has 5 N–H and O–H groups in total. The minimum absolute atomic E-state index is 0.117. The standard InChI is InChI=1S/C28H31F3N6O2S/c1-15(2)37-27-21(17-5-9-19(32)10-6-17)13-34-28(33)25(27)26(35-37)20-11-23(31)24(12-22(20)30)36-40(38,39)14-16-3-7-18(29)8-4-16/h3-4,7-8,11-13,15,17,19,36H,5-6,9-10,14,32H2,1-2H3,(H2,33,34)/t17-,19-. The highest BCUT2D eigenvalue weighted by Gasteiger charge is 2.28. The van der Waals surface area contributed by atoms with Gasteiger partial charge in [-0.25, -0.2) is 26.6 Å². The first kappa shape index (κ1) is 27.9. The fraction of sp³-hybridized carbons (Fsp3) is 0.357. The Morgan fingerprint density at radius 3 is 2.38 bits per heavy atom. The lowest BCUT2D eigenvalue weighted by Gasteiger charge is -2.27. The van der Waals surface area contributed by atoms with Gasteiger partial charge in [0.05, 0.1) is 22.3 Å². The topological polar surface area (TPSA) is 129 Å². The maximum Gasteiger partial charge on any atom is 0.237 e. The molecule has 8 nitrogen and oxygen atoms in total. The monoisotopic (exact) mass is 572 g/mol. The van der Waals surface area contributed by atoms with E-state index in [0.29, 0.717) is 5.39 Å². The third-order valence-electron chi connectivity index (χ3n) is 7.33. The third-order valence-corrected chi connectivity index (χ3v) is 8.58. The van der Waals surface area contributed by atoms with Gasteiger partial charge in [-0.05, 0) is 74.8 Å². The molecule has 4 aromatic rings.